The van der Waals surface area contributed by atoms with Crippen molar-refractivity contribution in [1.82, 2.24) is 9.80 Å². The summed E-state index contributed by atoms with van der Waals surface area (Å²) in [5, 5.41) is 27.1. The van der Waals surface area contributed by atoms with Gasteiger partial charge in [0, 0.05) is 46.4 Å². The Morgan fingerprint density at radius 3 is 2.00 bits per heavy atom. The van der Waals surface area contributed by atoms with Crippen LogP contribution in [0, 0.1) is 0 Å². The maximum absolute atomic E-state index is 11.5. The summed E-state index contributed by atoms with van der Waals surface area (Å²) in [6.07, 6.45) is 2.14. The SMILES string of the molecule is COCCN1CCN(CCC(N)(CCCCB(O)O)C(=O)O)CC1.Cl.Cl.Cl. The van der Waals surface area contributed by atoms with Crippen LogP contribution < -0.4 is 5.73 Å². The predicted molar refractivity (Wildman–Crippen MR) is 115 cm³/mol. The molecule has 1 fully saturated rings. The molecule has 27 heavy (non-hydrogen) atoms. The number of nitrogens with two attached hydrogens (primary N) is 1. The Morgan fingerprint density at radius 1 is 1.04 bits per heavy atom. The lowest BCUT2D eigenvalue weighted by Gasteiger charge is -2.36. The number of carboxylic acid groups (broad SMARTS) is 1. The molecule has 1 aliphatic rings. The normalized spacial score (nSPS) is 17.0. The molecule has 0 aromatic heterocycles. The van der Waals surface area contributed by atoms with Crippen molar-refractivity contribution in [2.24, 2.45) is 5.73 Å². The molecule has 1 heterocycles. The number of methoxy groups -OCH3 is 1. The minimum atomic E-state index is -1.34. The Labute approximate surface area is 181 Å². The molecule has 8 nitrogen and oxygen atoms in total. The monoisotopic (exact) mass is 453 g/mol. The van der Waals surface area contributed by atoms with Gasteiger partial charge in [0.15, 0.2) is 0 Å². The highest BCUT2D eigenvalue weighted by molar-refractivity contribution is 6.40. The zero-order valence-corrected chi connectivity index (χ0v) is 18.4. The molecular weight excluding hydrogens is 419 g/mol. The molecule has 0 saturated carbocycles. The highest BCUT2D eigenvalue weighted by Crippen LogP contribution is 2.19. The number of carboxylic acids is 1. The number of hydrogen-bond donors (Lipinski definition) is 4. The van der Waals surface area contributed by atoms with Crippen LogP contribution in [-0.4, -0.2) is 96.6 Å². The summed E-state index contributed by atoms with van der Waals surface area (Å²) < 4.78 is 5.08. The number of hydrogen-bond acceptors (Lipinski definition) is 7. The van der Waals surface area contributed by atoms with Crippen LogP contribution in [0.4, 0.5) is 0 Å². The molecule has 0 spiro atoms. The van der Waals surface area contributed by atoms with Gasteiger partial charge in [-0.3, -0.25) is 9.69 Å². The lowest BCUT2D eigenvalue weighted by molar-refractivity contribution is -0.144. The molecule has 0 radical (unpaired) electrons. The first-order valence-corrected chi connectivity index (χ1v) is 8.69. The second-order valence-electron chi connectivity index (χ2n) is 6.61. The predicted octanol–water partition coefficient (Wildman–Crippen LogP) is 0.331. The second kappa shape index (κ2) is 17.1. The summed E-state index contributed by atoms with van der Waals surface area (Å²) in [7, 11) is 0.362. The molecule has 1 aliphatic heterocycles. The first-order valence-electron chi connectivity index (χ1n) is 8.69. The fraction of sp³-hybridized carbons (Fsp3) is 0.933. The molecule has 0 bridgehead atoms. The smallest absolute Gasteiger partial charge is 0.451 e. The van der Waals surface area contributed by atoms with Crippen LogP contribution in [-0.2, 0) is 9.53 Å². The van der Waals surface area contributed by atoms with E-state index < -0.39 is 18.6 Å². The van der Waals surface area contributed by atoms with Gasteiger partial charge < -0.3 is 30.5 Å². The third kappa shape index (κ3) is 13.1. The minimum Gasteiger partial charge on any atom is -0.480 e. The van der Waals surface area contributed by atoms with Crippen molar-refractivity contribution >= 4 is 50.3 Å². The quantitative estimate of drug-likeness (QED) is 0.246. The summed E-state index contributed by atoms with van der Waals surface area (Å²) in [5.74, 6) is -0.981. The van der Waals surface area contributed by atoms with E-state index in [1.807, 2.05) is 0 Å². The third-order valence-corrected chi connectivity index (χ3v) is 4.71. The molecule has 1 atom stereocenters. The van der Waals surface area contributed by atoms with Gasteiger partial charge in [0.05, 0.1) is 6.61 Å². The summed E-state index contributed by atoms with van der Waals surface area (Å²) in [5.41, 5.74) is 4.85. The highest BCUT2D eigenvalue weighted by atomic mass is 35.5. The maximum atomic E-state index is 11.5. The summed E-state index contributed by atoms with van der Waals surface area (Å²) in [6, 6.07) is 0. The van der Waals surface area contributed by atoms with Gasteiger partial charge in [-0.05, 0) is 19.2 Å². The van der Waals surface area contributed by atoms with Crippen LogP contribution >= 0.6 is 37.2 Å². The van der Waals surface area contributed by atoms with Crippen molar-refractivity contribution in [1.29, 1.82) is 0 Å². The zero-order valence-electron chi connectivity index (χ0n) is 15.9. The van der Waals surface area contributed by atoms with Gasteiger partial charge in [-0.1, -0.05) is 12.8 Å². The van der Waals surface area contributed by atoms with Crippen molar-refractivity contribution in [2.45, 2.75) is 37.5 Å². The van der Waals surface area contributed by atoms with Crippen LogP contribution in [0.1, 0.15) is 25.7 Å². The van der Waals surface area contributed by atoms with Crippen LogP contribution in [0.2, 0.25) is 6.32 Å². The molecule has 164 valence electrons. The highest BCUT2D eigenvalue weighted by Gasteiger charge is 2.34. The van der Waals surface area contributed by atoms with Gasteiger partial charge in [0.2, 0.25) is 0 Å². The second-order valence-corrected chi connectivity index (χ2v) is 6.61. The van der Waals surface area contributed by atoms with Gasteiger partial charge in [-0.15, -0.1) is 37.2 Å². The average Bonchev–Trinajstić information content (AvgIpc) is 2.55. The lowest BCUT2D eigenvalue weighted by atomic mass is 9.81. The van der Waals surface area contributed by atoms with Gasteiger partial charge >= 0.3 is 13.1 Å². The third-order valence-electron chi connectivity index (χ3n) is 4.71. The van der Waals surface area contributed by atoms with Crippen molar-refractivity contribution in [2.75, 3.05) is 53.0 Å². The van der Waals surface area contributed by atoms with E-state index in [1.165, 1.54) is 0 Å². The summed E-state index contributed by atoms with van der Waals surface area (Å²) >= 11 is 0. The number of carbonyl (C=O) groups is 1. The Morgan fingerprint density at radius 2 is 1.56 bits per heavy atom. The lowest BCUT2D eigenvalue weighted by Crippen LogP contribution is -2.52. The van der Waals surface area contributed by atoms with Crippen LogP contribution in [0.3, 0.4) is 0 Å². The molecule has 0 aliphatic carbocycles. The van der Waals surface area contributed by atoms with E-state index in [9.17, 15) is 9.90 Å². The molecule has 0 amide bonds. The molecule has 12 heteroatoms. The van der Waals surface area contributed by atoms with Gasteiger partial charge in [0.25, 0.3) is 0 Å². The summed E-state index contributed by atoms with van der Waals surface area (Å²) in [4.78, 5) is 16.1. The molecule has 1 unspecified atom stereocenters. The number of piperazine rings is 1. The first-order chi connectivity index (χ1) is 11.4. The molecule has 5 N–H and O–H groups in total. The topological polar surface area (TPSA) is 119 Å². The number of ether oxygens (including phenoxy) is 1. The van der Waals surface area contributed by atoms with E-state index >= 15 is 0 Å². The molecule has 0 aromatic carbocycles. The maximum Gasteiger partial charge on any atom is 0.451 e. The van der Waals surface area contributed by atoms with Crippen molar-refractivity contribution < 1.29 is 24.7 Å². The van der Waals surface area contributed by atoms with E-state index in [-0.39, 0.29) is 43.5 Å². The van der Waals surface area contributed by atoms with Crippen molar-refractivity contribution in [3.05, 3.63) is 0 Å². The number of nitrogens with zero attached hydrogens (tertiary/aromatic N) is 2. The molecular formula is C15H35BCl3N3O5. The number of unbranched alkanes of at least 4 members (excludes halogenated alkanes) is 1. The number of halogens is 3. The molecule has 1 rings (SSSR count). The van der Waals surface area contributed by atoms with Gasteiger partial charge in [-0.2, -0.15) is 0 Å². The van der Waals surface area contributed by atoms with E-state index in [0.717, 1.165) is 39.3 Å². The van der Waals surface area contributed by atoms with Crippen LogP contribution in [0.5, 0.6) is 0 Å². The molecule has 1 saturated heterocycles. The zero-order chi connectivity index (χ0) is 18.0. The number of aliphatic carboxylic acids is 1. The van der Waals surface area contributed by atoms with Gasteiger partial charge in [-0.25, -0.2) is 0 Å². The van der Waals surface area contributed by atoms with E-state index in [1.54, 1.807) is 7.11 Å². The standard InChI is InChI=1S/C15H32BN3O5.3ClH/c1-24-13-12-19-10-8-18(9-11-19)7-5-15(17,14(20)21)4-2-3-6-16(22)23;;;/h22-23H,2-13,17H2,1H3,(H,20,21);3*1H. The average molecular weight is 455 g/mol. The van der Waals surface area contributed by atoms with Crippen molar-refractivity contribution in [3.8, 4) is 0 Å². The Bertz CT molecular complexity index is 381. The Kier molecular flexibility index (Phi) is 20.1. The van der Waals surface area contributed by atoms with Gasteiger partial charge in [0.1, 0.15) is 5.54 Å². The fourth-order valence-corrected chi connectivity index (χ4v) is 2.92. The Hall–Kier alpha value is 0.165. The van der Waals surface area contributed by atoms with Crippen LogP contribution in [0.15, 0.2) is 0 Å². The number of rotatable bonds is 12. The van der Waals surface area contributed by atoms with Crippen LogP contribution in [0.25, 0.3) is 0 Å². The first kappa shape index (κ1) is 31.8. The van der Waals surface area contributed by atoms with E-state index in [0.29, 0.717) is 32.2 Å². The van der Waals surface area contributed by atoms with E-state index in [4.69, 9.17) is 20.5 Å². The Balaban J connectivity index is -0.00000192. The fourth-order valence-electron chi connectivity index (χ4n) is 2.92. The van der Waals surface area contributed by atoms with Crippen molar-refractivity contribution in [3.63, 3.8) is 0 Å². The summed E-state index contributed by atoms with van der Waals surface area (Å²) in [6.45, 7) is 6.07. The van der Waals surface area contributed by atoms with E-state index in [2.05, 4.69) is 9.80 Å². The minimum absolute atomic E-state index is 0. The molecule has 0 aromatic rings. The largest absolute Gasteiger partial charge is 0.480 e.